The first kappa shape index (κ1) is 15.1. The van der Waals surface area contributed by atoms with Gasteiger partial charge in [-0.05, 0) is 31.5 Å². The summed E-state index contributed by atoms with van der Waals surface area (Å²) in [5, 5.41) is 9.53. The molecule has 1 aromatic heterocycles. The molecule has 0 bridgehead atoms. The molecule has 106 valence electrons. The summed E-state index contributed by atoms with van der Waals surface area (Å²) in [7, 11) is 0. The van der Waals surface area contributed by atoms with Gasteiger partial charge in [0.25, 0.3) is 0 Å². The summed E-state index contributed by atoms with van der Waals surface area (Å²) in [6.45, 7) is 3.99. The van der Waals surface area contributed by atoms with Crippen molar-refractivity contribution >= 4 is 33.7 Å². The third kappa shape index (κ3) is 3.64. The molecule has 0 radical (unpaired) electrons. The van der Waals surface area contributed by atoms with Crippen molar-refractivity contribution in [2.75, 3.05) is 5.75 Å². The average molecular weight is 355 g/mol. The van der Waals surface area contributed by atoms with E-state index in [-0.39, 0.29) is 11.8 Å². The second-order valence-corrected chi connectivity index (χ2v) is 6.34. The lowest BCUT2D eigenvalue weighted by Crippen LogP contribution is -2.08. The lowest BCUT2D eigenvalue weighted by molar-refractivity contribution is -0.133. The Bertz CT molecular complexity index is 627. The number of carboxylic acid groups (broad SMARTS) is 1. The van der Waals surface area contributed by atoms with E-state index in [1.165, 1.54) is 11.8 Å². The third-order valence-electron chi connectivity index (χ3n) is 2.89. The third-order valence-corrected chi connectivity index (χ3v) is 4.34. The zero-order valence-corrected chi connectivity index (χ0v) is 13.6. The molecule has 1 unspecified atom stereocenters. The highest BCUT2D eigenvalue weighted by Gasteiger charge is 2.15. The molecule has 0 aliphatic heterocycles. The largest absolute Gasteiger partial charge is 0.481 e. The average Bonchev–Trinajstić information content (AvgIpc) is 2.76. The monoisotopic (exact) mass is 354 g/mol. The van der Waals surface area contributed by atoms with Crippen LogP contribution in [0.25, 0.3) is 0 Å². The second-order valence-electron chi connectivity index (χ2n) is 4.49. The number of halogens is 1. The van der Waals surface area contributed by atoms with E-state index in [1.807, 2.05) is 29.8 Å². The Kier molecular flexibility index (Phi) is 4.88. The van der Waals surface area contributed by atoms with E-state index in [0.29, 0.717) is 0 Å². The van der Waals surface area contributed by atoms with Crippen LogP contribution in [-0.2, 0) is 4.79 Å². The molecule has 1 heterocycles. The van der Waals surface area contributed by atoms with Gasteiger partial charge in [-0.1, -0.05) is 39.8 Å². The van der Waals surface area contributed by atoms with Crippen molar-refractivity contribution in [3.05, 3.63) is 46.2 Å². The number of rotatable bonds is 5. The minimum atomic E-state index is -0.836. The van der Waals surface area contributed by atoms with E-state index in [0.717, 1.165) is 20.9 Å². The molecule has 4 nitrogen and oxygen atoms in total. The van der Waals surface area contributed by atoms with Gasteiger partial charge in [-0.15, -0.1) is 0 Å². The van der Waals surface area contributed by atoms with Crippen molar-refractivity contribution in [2.45, 2.75) is 25.0 Å². The summed E-state index contributed by atoms with van der Waals surface area (Å²) in [4.78, 5) is 15.1. The maximum Gasteiger partial charge on any atom is 0.313 e. The molecule has 0 fully saturated rings. The predicted octanol–water partition coefficient (Wildman–Crippen LogP) is 3.74. The number of hydrogen-bond acceptors (Lipinski definition) is 3. The smallest absolute Gasteiger partial charge is 0.313 e. The summed E-state index contributed by atoms with van der Waals surface area (Å²) in [6, 6.07) is 8.19. The van der Waals surface area contributed by atoms with Crippen LogP contribution >= 0.6 is 27.7 Å². The Labute approximate surface area is 130 Å². The lowest BCUT2D eigenvalue weighted by atomic mass is 10.1. The van der Waals surface area contributed by atoms with Gasteiger partial charge in [0.05, 0.1) is 17.5 Å². The van der Waals surface area contributed by atoms with E-state index in [1.54, 1.807) is 0 Å². The highest BCUT2D eigenvalue weighted by Crippen LogP contribution is 2.27. The van der Waals surface area contributed by atoms with Gasteiger partial charge in [-0.25, -0.2) is 4.98 Å². The molecule has 0 aliphatic carbocycles. The Balaban J connectivity index is 2.29. The Hall–Kier alpha value is -1.27. The topological polar surface area (TPSA) is 55.1 Å². The molecule has 6 heteroatoms. The van der Waals surface area contributed by atoms with E-state index in [9.17, 15) is 4.79 Å². The molecular weight excluding hydrogens is 340 g/mol. The Morgan fingerprint density at radius 2 is 2.30 bits per heavy atom. The molecule has 0 spiro atoms. The normalized spacial score (nSPS) is 12.3. The number of carbonyl (C=O) groups is 1. The van der Waals surface area contributed by atoms with Crippen LogP contribution in [0.5, 0.6) is 0 Å². The highest BCUT2D eigenvalue weighted by molar-refractivity contribution is 9.10. The fourth-order valence-corrected chi connectivity index (χ4v) is 3.17. The summed E-state index contributed by atoms with van der Waals surface area (Å²) >= 11 is 4.71. The van der Waals surface area contributed by atoms with Crippen molar-refractivity contribution in [3.63, 3.8) is 0 Å². The summed E-state index contributed by atoms with van der Waals surface area (Å²) in [5.74, 6) is -0.820. The SMILES string of the molecule is Cc1cn(C(C)c2cccc(Br)c2)c(SCC(=O)O)n1. The molecular formula is C14H15BrN2O2S. The molecule has 1 aromatic carbocycles. The van der Waals surface area contributed by atoms with E-state index < -0.39 is 5.97 Å². The summed E-state index contributed by atoms with van der Waals surface area (Å²) < 4.78 is 3.04. The van der Waals surface area contributed by atoms with Crippen LogP contribution < -0.4 is 0 Å². The van der Waals surface area contributed by atoms with Crippen LogP contribution in [0.15, 0.2) is 40.1 Å². The standard InChI is InChI=1S/C14H15BrN2O2S/c1-9-7-17(14(16-9)20-8-13(18)19)10(2)11-4-3-5-12(15)6-11/h3-7,10H,8H2,1-2H3,(H,18,19). The Morgan fingerprint density at radius 1 is 1.55 bits per heavy atom. The number of nitrogens with zero attached hydrogens (tertiary/aromatic N) is 2. The van der Waals surface area contributed by atoms with Crippen LogP contribution in [0.3, 0.4) is 0 Å². The number of carboxylic acids is 1. The molecule has 0 saturated carbocycles. The van der Waals surface area contributed by atoms with Crippen LogP contribution in [0.2, 0.25) is 0 Å². The first-order chi connectivity index (χ1) is 9.47. The number of aryl methyl sites for hydroxylation is 1. The lowest BCUT2D eigenvalue weighted by Gasteiger charge is -2.16. The van der Waals surface area contributed by atoms with Crippen LogP contribution in [-0.4, -0.2) is 26.4 Å². The highest BCUT2D eigenvalue weighted by atomic mass is 79.9. The minimum absolute atomic E-state index is 0.0155. The first-order valence-electron chi connectivity index (χ1n) is 6.13. The van der Waals surface area contributed by atoms with Crippen LogP contribution in [0.4, 0.5) is 0 Å². The molecule has 2 aromatic rings. The number of benzene rings is 1. The zero-order valence-electron chi connectivity index (χ0n) is 11.2. The minimum Gasteiger partial charge on any atom is -0.481 e. The maximum atomic E-state index is 10.7. The van der Waals surface area contributed by atoms with Gasteiger partial charge in [0.1, 0.15) is 0 Å². The molecule has 2 rings (SSSR count). The number of thioether (sulfide) groups is 1. The Morgan fingerprint density at radius 3 is 2.95 bits per heavy atom. The quantitative estimate of drug-likeness (QED) is 0.831. The predicted molar refractivity (Wildman–Crippen MR) is 83.3 cm³/mol. The van der Waals surface area contributed by atoms with Crippen LogP contribution in [0.1, 0.15) is 24.2 Å². The van der Waals surface area contributed by atoms with Gasteiger partial charge < -0.3 is 9.67 Å². The molecule has 0 amide bonds. The number of hydrogen-bond donors (Lipinski definition) is 1. The molecule has 1 atom stereocenters. The van der Waals surface area contributed by atoms with E-state index in [2.05, 4.69) is 40.0 Å². The van der Waals surface area contributed by atoms with Crippen molar-refractivity contribution < 1.29 is 9.90 Å². The summed E-state index contributed by atoms with van der Waals surface area (Å²) in [6.07, 6.45) is 1.95. The van der Waals surface area contributed by atoms with Gasteiger partial charge in [-0.2, -0.15) is 0 Å². The number of aliphatic carboxylic acids is 1. The van der Waals surface area contributed by atoms with E-state index in [4.69, 9.17) is 5.11 Å². The summed E-state index contributed by atoms with van der Waals surface area (Å²) in [5.41, 5.74) is 2.04. The van der Waals surface area contributed by atoms with Gasteiger partial charge in [0.15, 0.2) is 5.16 Å². The maximum absolute atomic E-state index is 10.7. The van der Waals surface area contributed by atoms with Crippen molar-refractivity contribution in [1.82, 2.24) is 9.55 Å². The molecule has 0 aliphatic rings. The molecule has 20 heavy (non-hydrogen) atoms. The zero-order chi connectivity index (χ0) is 14.7. The van der Waals surface area contributed by atoms with E-state index >= 15 is 0 Å². The number of imidazole rings is 1. The van der Waals surface area contributed by atoms with Crippen molar-refractivity contribution in [1.29, 1.82) is 0 Å². The first-order valence-corrected chi connectivity index (χ1v) is 7.90. The van der Waals surface area contributed by atoms with Crippen LogP contribution in [0, 0.1) is 6.92 Å². The van der Waals surface area contributed by atoms with Gasteiger partial charge in [0, 0.05) is 10.7 Å². The van der Waals surface area contributed by atoms with Gasteiger partial charge in [-0.3, -0.25) is 4.79 Å². The van der Waals surface area contributed by atoms with Gasteiger partial charge in [0.2, 0.25) is 0 Å². The fraction of sp³-hybridized carbons (Fsp3) is 0.286. The van der Waals surface area contributed by atoms with Crippen molar-refractivity contribution in [2.24, 2.45) is 0 Å². The molecule has 0 saturated heterocycles. The number of aromatic nitrogens is 2. The second kappa shape index (κ2) is 6.45. The van der Waals surface area contributed by atoms with Crippen molar-refractivity contribution in [3.8, 4) is 0 Å². The fourth-order valence-electron chi connectivity index (χ4n) is 1.93. The molecule has 1 N–H and O–H groups in total. The van der Waals surface area contributed by atoms with Gasteiger partial charge >= 0.3 is 5.97 Å².